The quantitative estimate of drug-likeness (QED) is 0.0791. The first-order valence-corrected chi connectivity index (χ1v) is 12.5. The fourth-order valence-corrected chi connectivity index (χ4v) is 3.45. The second kappa shape index (κ2) is 17.6. The number of allylic oxidation sites excluding steroid dienone is 3. The van der Waals surface area contributed by atoms with E-state index in [0.29, 0.717) is 60.9 Å². The van der Waals surface area contributed by atoms with E-state index < -0.39 is 12.9 Å². The van der Waals surface area contributed by atoms with Crippen molar-refractivity contribution in [2.24, 2.45) is 10.9 Å². The van der Waals surface area contributed by atoms with E-state index in [9.17, 15) is 14.3 Å². The lowest BCUT2D eigenvalue weighted by molar-refractivity contribution is -0.117. The van der Waals surface area contributed by atoms with Gasteiger partial charge in [0.1, 0.15) is 12.1 Å². The molecule has 2 N–H and O–H groups in total. The predicted octanol–water partition coefficient (Wildman–Crippen LogP) is 5.11. The predicted molar refractivity (Wildman–Crippen MR) is 145 cm³/mol. The van der Waals surface area contributed by atoms with Gasteiger partial charge in [-0.25, -0.2) is 0 Å². The van der Waals surface area contributed by atoms with Crippen LogP contribution in [0.15, 0.2) is 71.1 Å². The maximum Gasteiger partial charge on any atom is 0.246 e. The number of amides is 1. The molecule has 1 heterocycles. The maximum absolute atomic E-state index is 12.7. The molecule has 0 spiro atoms. The highest BCUT2D eigenvalue weighted by Gasteiger charge is 2.21. The molecule has 2 atom stereocenters. The van der Waals surface area contributed by atoms with Crippen LogP contribution in [0.2, 0.25) is 0 Å². The SMILES string of the molecule is C=C/C(=C\C=C(/C)Cl)C/N=C(/CCCCF)N(CC(C)CC(=C)C(=O)NCc1cnccn1)[C@H](C)O. The third-order valence-corrected chi connectivity index (χ3v) is 5.40. The smallest absolute Gasteiger partial charge is 0.246 e. The van der Waals surface area contributed by atoms with Gasteiger partial charge in [0.2, 0.25) is 5.91 Å². The Kier molecular flexibility index (Phi) is 15.2. The zero-order valence-electron chi connectivity index (χ0n) is 21.6. The van der Waals surface area contributed by atoms with Gasteiger partial charge < -0.3 is 15.3 Å². The van der Waals surface area contributed by atoms with Gasteiger partial charge in [0.15, 0.2) is 0 Å². The van der Waals surface area contributed by atoms with Crippen molar-refractivity contribution in [1.82, 2.24) is 20.2 Å². The molecule has 0 saturated carbocycles. The molecule has 0 aliphatic heterocycles. The molecule has 198 valence electrons. The van der Waals surface area contributed by atoms with Gasteiger partial charge in [-0.1, -0.05) is 43.8 Å². The molecule has 0 fully saturated rings. The lowest BCUT2D eigenvalue weighted by Crippen LogP contribution is -2.42. The molecular weight excluding hydrogens is 481 g/mol. The summed E-state index contributed by atoms with van der Waals surface area (Å²) in [6.07, 6.45) is 11.2. The highest BCUT2D eigenvalue weighted by Crippen LogP contribution is 2.16. The number of rotatable bonds is 16. The van der Waals surface area contributed by atoms with Crippen LogP contribution in [0.3, 0.4) is 0 Å². The van der Waals surface area contributed by atoms with E-state index in [-0.39, 0.29) is 18.4 Å². The zero-order chi connectivity index (χ0) is 26.9. The molecule has 0 aliphatic carbocycles. The van der Waals surface area contributed by atoms with E-state index in [1.807, 2.05) is 13.0 Å². The largest absolute Gasteiger partial charge is 0.374 e. The van der Waals surface area contributed by atoms with Crippen molar-refractivity contribution in [3.8, 4) is 0 Å². The van der Waals surface area contributed by atoms with Gasteiger partial charge in [0.25, 0.3) is 0 Å². The van der Waals surface area contributed by atoms with Crippen LogP contribution in [0.4, 0.5) is 4.39 Å². The number of hydrogen-bond acceptors (Lipinski definition) is 5. The van der Waals surface area contributed by atoms with Crippen LogP contribution >= 0.6 is 11.6 Å². The summed E-state index contributed by atoms with van der Waals surface area (Å²) >= 11 is 5.92. The van der Waals surface area contributed by atoms with Gasteiger partial charge in [-0.05, 0) is 50.7 Å². The normalized spacial score (nSPS) is 14.2. The first kappa shape index (κ1) is 31.2. The van der Waals surface area contributed by atoms with E-state index in [1.54, 1.807) is 49.5 Å². The summed E-state index contributed by atoms with van der Waals surface area (Å²) < 4.78 is 12.7. The molecule has 0 radical (unpaired) electrons. The van der Waals surface area contributed by atoms with Crippen molar-refractivity contribution in [3.05, 3.63) is 71.8 Å². The third-order valence-electron chi connectivity index (χ3n) is 5.27. The number of nitrogens with one attached hydrogen (secondary N) is 1. The Hall–Kier alpha value is -2.84. The zero-order valence-corrected chi connectivity index (χ0v) is 22.3. The van der Waals surface area contributed by atoms with Crippen molar-refractivity contribution in [2.75, 3.05) is 19.8 Å². The van der Waals surface area contributed by atoms with Crippen LogP contribution in [0.1, 0.15) is 52.1 Å². The summed E-state index contributed by atoms with van der Waals surface area (Å²) in [6.45, 7) is 13.9. The van der Waals surface area contributed by atoms with Crippen molar-refractivity contribution >= 4 is 23.3 Å². The Morgan fingerprint density at radius 3 is 2.67 bits per heavy atom. The standard InChI is InChI=1S/C27H39ClFN5O2/c1-6-24(11-10-22(4)28)16-32-26(9-7-8-12-29)34(23(5)35)19-20(2)15-21(3)27(36)33-18-25-17-30-13-14-31-25/h6,10-11,13-14,17,20,23,35H,1,3,7-9,12,15-16,18-19H2,2,4-5H3,(H,33,36)/b22-10+,24-11+,32-26-/t20?,23-/m0/s1. The van der Waals surface area contributed by atoms with Crippen LogP contribution in [-0.2, 0) is 11.3 Å². The average molecular weight is 520 g/mol. The van der Waals surface area contributed by atoms with E-state index in [0.717, 1.165) is 5.57 Å². The topological polar surface area (TPSA) is 90.7 Å². The summed E-state index contributed by atoms with van der Waals surface area (Å²) in [5, 5.41) is 14.0. The lowest BCUT2D eigenvalue weighted by Gasteiger charge is -2.32. The number of aliphatic hydroxyl groups excluding tert-OH is 1. The molecule has 0 aromatic carbocycles. The molecule has 1 aromatic heterocycles. The van der Waals surface area contributed by atoms with Crippen LogP contribution in [0, 0.1) is 5.92 Å². The summed E-state index contributed by atoms with van der Waals surface area (Å²) in [6, 6.07) is 0. The molecular formula is C27H39ClFN5O2. The fraction of sp³-hybridized carbons (Fsp3) is 0.481. The van der Waals surface area contributed by atoms with Gasteiger partial charge in [0, 0.05) is 36.0 Å². The third kappa shape index (κ3) is 12.7. The van der Waals surface area contributed by atoms with E-state index in [1.165, 1.54) is 0 Å². The van der Waals surface area contributed by atoms with Crippen LogP contribution in [0.25, 0.3) is 0 Å². The molecule has 7 nitrogen and oxygen atoms in total. The number of aliphatic imine (C=N–C) groups is 1. The molecule has 0 bridgehead atoms. The van der Waals surface area contributed by atoms with Crippen molar-refractivity contribution < 1.29 is 14.3 Å². The molecule has 0 aliphatic rings. The van der Waals surface area contributed by atoms with Crippen LogP contribution < -0.4 is 5.32 Å². The minimum absolute atomic E-state index is 0.00279. The molecule has 1 unspecified atom stereocenters. The van der Waals surface area contributed by atoms with Gasteiger partial charge in [0.05, 0.1) is 31.7 Å². The fourth-order valence-electron chi connectivity index (χ4n) is 3.39. The van der Waals surface area contributed by atoms with E-state index in [2.05, 4.69) is 28.4 Å². The minimum atomic E-state index is -0.809. The minimum Gasteiger partial charge on any atom is -0.374 e. The van der Waals surface area contributed by atoms with E-state index in [4.69, 9.17) is 16.6 Å². The molecule has 36 heavy (non-hydrogen) atoms. The first-order valence-electron chi connectivity index (χ1n) is 12.1. The average Bonchev–Trinajstić information content (AvgIpc) is 2.85. The summed E-state index contributed by atoms with van der Waals surface area (Å²) in [5.74, 6) is 0.427. The number of carbonyl (C=O) groups excluding carboxylic acids is 1. The van der Waals surface area contributed by atoms with E-state index >= 15 is 0 Å². The number of nitrogens with zero attached hydrogens (tertiary/aromatic N) is 4. The number of hydrogen-bond donors (Lipinski definition) is 2. The van der Waals surface area contributed by atoms with Crippen molar-refractivity contribution in [2.45, 2.75) is 59.2 Å². The van der Waals surface area contributed by atoms with Gasteiger partial charge in [-0.3, -0.25) is 24.1 Å². The Morgan fingerprint density at radius 2 is 2.08 bits per heavy atom. The number of unbranched alkanes of at least 4 members (excludes halogenated alkanes) is 1. The first-order chi connectivity index (χ1) is 17.2. The van der Waals surface area contributed by atoms with Gasteiger partial charge in [-0.15, -0.1) is 0 Å². The molecule has 1 amide bonds. The molecule has 0 saturated heterocycles. The number of carbonyl (C=O) groups is 1. The Morgan fingerprint density at radius 1 is 1.33 bits per heavy atom. The van der Waals surface area contributed by atoms with Crippen LogP contribution in [-0.4, -0.2) is 57.7 Å². The van der Waals surface area contributed by atoms with Crippen LogP contribution in [0.5, 0.6) is 0 Å². The number of halogens is 2. The maximum atomic E-state index is 12.7. The second-order valence-electron chi connectivity index (χ2n) is 8.65. The van der Waals surface area contributed by atoms with Gasteiger partial charge in [-0.2, -0.15) is 0 Å². The Labute approximate surface area is 219 Å². The Balaban J connectivity index is 2.88. The van der Waals surface area contributed by atoms with Gasteiger partial charge >= 0.3 is 0 Å². The highest BCUT2D eigenvalue weighted by molar-refractivity contribution is 6.29. The summed E-state index contributed by atoms with van der Waals surface area (Å²) in [7, 11) is 0. The summed E-state index contributed by atoms with van der Waals surface area (Å²) in [5.41, 5.74) is 1.96. The summed E-state index contributed by atoms with van der Waals surface area (Å²) in [4.78, 5) is 27.1. The number of aliphatic hydroxyl groups is 1. The van der Waals surface area contributed by atoms with Crippen molar-refractivity contribution in [3.63, 3.8) is 0 Å². The number of aromatic nitrogens is 2. The molecule has 1 rings (SSSR count). The monoisotopic (exact) mass is 519 g/mol. The molecule has 9 heteroatoms. The number of alkyl halides is 1. The highest BCUT2D eigenvalue weighted by atomic mass is 35.5. The number of amidine groups is 1. The molecule has 1 aromatic rings. The Bertz CT molecular complexity index is 927. The lowest BCUT2D eigenvalue weighted by atomic mass is 10.0. The second-order valence-corrected chi connectivity index (χ2v) is 9.25. The van der Waals surface area contributed by atoms with Crippen molar-refractivity contribution in [1.29, 1.82) is 0 Å².